The third-order valence-electron chi connectivity index (χ3n) is 2.26. The largest absolute Gasteiger partial charge is 0.382 e. The lowest BCUT2D eigenvalue weighted by Gasteiger charge is -2.09. The van der Waals surface area contributed by atoms with E-state index in [-0.39, 0.29) is 16.4 Å². The van der Waals surface area contributed by atoms with E-state index in [1.54, 1.807) is 12.1 Å². The molecular formula is C12H10F2N4OS. The van der Waals surface area contributed by atoms with Crippen LogP contribution in [0, 0.1) is 0 Å². The van der Waals surface area contributed by atoms with Gasteiger partial charge in [-0.3, -0.25) is 4.79 Å². The third kappa shape index (κ3) is 3.64. The summed E-state index contributed by atoms with van der Waals surface area (Å²) in [5.41, 5.74) is 5.71. The van der Waals surface area contributed by atoms with E-state index >= 15 is 0 Å². The number of rotatable bonds is 4. The van der Waals surface area contributed by atoms with Gasteiger partial charge in [0.2, 0.25) is 0 Å². The summed E-state index contributed by atoms with van der Waals surface area (Å²) in [6, 6.07) is 6.29. The number of hydrogen-bond acceptors (Lipinski definition) is 5. The van der Waals surface area contributed by atoms with Gasteiger partial charge in [0.1, 0.15) is 11.5 Å². The monoisotopic (exact) mass is 296 g/mol. The molecule has 0 radical (unpaired) electrons. The molecule has 0 unspecified atom stereocenters. The second-order valence-electron chi connectivity index (χ2n) is 3.66. The van der Waals surface area contributed by atoms with Crippen LogP contribution < -0.4 is 11.1 Å². The maximum absolute atomic E-state index is 12.4. The Hall–Kier alpha value is -2.22. The number of para-hydroxylation sites is 1. The van der Waals surface area contributed by atoms with Crippen molar-refractivity contribution in [3.8, 4) is 0 Å². The maximum atomic E-state index is 12.4. The minimum atomic E-state index is -2.57. The Morgan fingerprint density at radius 1 is 1.25 bits per heavy atom. The molecule has 5 nitrogen and oxygen atoms in total. The second-order valence-corrected chi connectivity index (χ2v) is 4.69. The van der Waals surface area contributed by atoms with Crippen molar-refractivity contribution in [2.75, 3.05) is 11.1 Å². The van der Waals surface area contributed by atoms with Gasteiger partial charge in [-0.25, -0.2) is 9.97 Å². The number of hydrogen-bond donors (Lipinski definition) is 2. The fraction of sp³-hybridized carbons (Fsp3) is 0.0833. The molecule has 0 aliphatic carbocycles. The predicted molar refractivity (Wildman–Crippen MR) is 72.7 cm³/mol. The Morgan fingerprint density at radius 2 is 2.00 bits per heavy atom. The molecule has 0 saturated carbocycles. The smallest absolute Gasteiger partial charge is 0.288 e. The summed E-state index contributed by atoms with van der Waals surface area (Å²) >= 11 is 0.361. The Kier molecular flexibility index (Phi) is 4.46. The van der Waals surface area contributed by atoms with E-state index in [1.165, 1.54) is 24.5 Å². The van der Waals surface area contributed by atoms with Gasteiger partial charge in [-0.1, -0.05) is 23.9 Å². The molecule has 0 aliphatic rings. The first kappa shape index (κ1) is 14.2. The highest BCUT2D eigenvalue weighted by Gasteiger charge is 2.13. The van der Waals surface area contributed by atoms with Gasteiger partial charge in [0.05, 0.1) is 18.1 Å². The summed E-state index contributed by atoms with van der Waals surface area (Å²) in [5, 5.41) is 2.52. The van der Waals surface area contributed by atoms with Crippen LogP contribution in [-0.4, -0.2) is 21.6 Å². The van der Waals surface area contributed by atoms with Gasteiger partial charge in [-0.15, -0.1) is 0 Å². The number of aromatic nitrogens is 2. The molecule has 1 aromatic heterocycles. The van der Waals surface area contributed by atoms with Crippen molar-refractivity contribution in [1.29, 1.82) is 0 Å². The van der Waals surface area contributed by atoms with E-state index < -0.39 is 11.7 Å². The van der Waals surface area contributed by atoms with Crippen molar-refractivity contribution >= 4 is 29.2 Å². The summed E-state index contributed by atoms with van der Waals surface area (Å²) in [5.74, 6) is -2.92. The molecule has 2 rings (SSSR count). The molecule has 1 aromatic carbocycles. The molecule has 0 fully saturated rings. The highest BCUT2D eigenvalue weighted by Crippen LogP contribution is 2.31. The van der Waals surface area contributed by atoms with E-state index in [0.29, 0.717) is 17.4 Å². The lowest BCUT2D eigenvalue weighted by molar-refractivity contribution is 0.102. The summed E-state index contributed by atoms with van der Waals surface area (Å²) < 4.78 is 24.8. The lowest BCUT2D eigenvalue weighted by Crippen LogP contribution is -2.15. The van der Waals surface area contributed by atoms with Crippen LogP contribution in [0.1, 0.15) is 10.5 Å². The van der Waals surface area contributed by atoms with Crippen LogP contribution >= 0.6 is 11.8 Å². The SMILES string of the molecule is Nc1cnc(C(=O)Nc2ccccc2SC(F)F)cn1. The number of carbonyl (C=O) groups excluding carboxylic acids is 1. The fourth-order valence-corrected chi connectivity index (χ4v) is 2.01. The molecule has 1 heterocycles. The van der Waals surface area contributed by atoms with Crippen LogP contribution in [0.25, 0.3) is 0 Å². The summed E-state index contributed by atoms with van der Waals surface area (Å²) in [6.45, 7) is 0. The summed E-state index contributed by atoms with van der Waals surface area (Å²) in [4.78, 5) is 19.7. The number of anilines is 2. The molecule has 1 amide bonds. The summed E-state index contributed by atoms with van der Waals surface area (Å²) in [7, 11) is 0. The topological polar surface area (TPSA) is 80.9 Å². The number of carbonyl (C=O) groups is 1. The number of alkyl halides is 2. The predicted octanol–water partition coefficient (Wildman–Crippen LogP) is 2.63. The van der Waals surface area contributed by atoms with Crippen molar-refractivity contribution in [2.24, 2.45) is 0 Å². The second kappa shape index (κ2) is 6.29. The van der Waals surface area contributed by atoms with Gasteiger partial charge in [0.15, 0.2) is 0 Å². The first-order valence-corrected chi connectivity index (χ1v) is 6.37. The first-order chi connectivity index (χ1) is 9.56. The Morgan fingerprint density at radius 3 is 2.65 bits per heavy atom. The van der Waals surface area contributed by atoms with Gasteiger partial charge < -0.3 is 11.1 Å². The molecule has 2 aromatic rings. The number of amides is 1. The van der Waals surface area contributed by atoms with Crippen LogP contribution in [0.3, 0.4) is 0 Å². The van der Waals surface area contributed by atoms with Gasteiger partial charge in [-0.05, 0) is 12.1 Å². The van der Waals surface area contributed by atoms with Crippen LogP contribution in [0.4, 0.5) is 20.3 Å². The molecule has 104 valence electrons. The zero-order valence-electron chi connectivity index (χ0n) is 10.1. The number of nitrogens with zero attached hydrogens (tertiary/aromatic N) is 2. The molecule has 0 aliphatic heterocycles. The highest BCUT2D eigenvalue weighted by atomic mass is 32.2. The maximum Gasteiger partial charge on any atom is 0.288 e. The Labute approximate surface area is 117 Å². The van der Waals surface area contributed by atoms with Crippen LogP contribution in [0.2, 0.25) is 0 Å². The zero-order chi connectivity index (χ0) is 14.5. The molecule has 0 saturated heterocycles. The number of halogens is 2. The number of nitrogens with one attached hydrogen (secondary N) is 1. The molecule has 3 N–H and O–H groups in total. The van der Waals surface area contributed by atoms with E-state index in [2.05, 4.69) is 15.3 Å². The van der Waals surface area contributed by atoms with E-state index in [9.17, 15) is 13.6 Å². The van der Waals surface area contributed by atoms with Crippen LogP contribution in [-0.2, 0) is 0 Å². The normalized spacial score (nSPS) is 10.6. The van der Waals surface area contributed by atoms with Crippen LogP contribution in [0.15, 0.2) is 41.6 Å². The van der Waals surface area contributed by atoms with Gasteiger partial charge >= 0.3 is 0 Å². The average Bonchev–Trinajstić information content (AvgIpc) is 2.41. The number of nitrogens with two attached hydrogens (primary N) is 1. The quantitative estimate of drug-likeness (QED) is 0.848. The number of nitrogen functional groups attached to an aromatic ring is 1. The van der Waals surface area contributed by atoms with Crippen LogP contribution in [0.5, 0.6) is 0 Å². The van der Waals surface area contributed by atoms with Crippen molar-refractivity contribution in [1.82, 2.24) is 9.97 Å². The minimum absolute atomic E-state index is 0.0519. The zero-order valence-corrected chi connectivity index (χ0v) is 10.9. The Balaban J connectivity index is 2.17. The standard InChI is InChI=1S/C12H10F2N4OS/c13-12(14)20-9-4-2-1-3-7(9)18-11(19)8-5-17-10(15)6-16-8/h1-6,12H,(H2,15,17)(H,18,19). The summed E-state index contributed by atoms with van der Waals surface area (Å²) in [6.07, 6.45) is 2.46. The van der Waals surface area contributed by atoms with Gasteiger partial charge in [-0.2, -0.15) is 8.78 Å². The molecule has 0 spiro atoms. The van der Waals surface area contributed by atoms with Crippen molar-refractivity contribution in [2.45, 2.75) is 10.7 Å². The van der Waals surface area contributed by atoms with E-state index in [0.717, 1.165) is 0 Å². The minimum Gasteiger partial charge on any atom is -0.382 e. The van der Waals surface area contributed by atoms with Gasteiger partial charge in [0.25, 0.3) is 11.7 Å². The van der Waals surface area contributed by atoms with Crippen molar-refractivity contribution < 1.29 is 13.6 Å². The number of benzene rings is 1. The molecule has 0 atom stereocenters. The molecular weight excluding hydrogens is 286 g/mol. The molecule has 0 bridgehead atoms. The Bertz CT molecular complexity index is 607. The first-order valence-electron chi connectivity index (χ1n) is 5.49. The van der Waals surface area contributed by atoms with E-state index in [1.807, 2.05) is 0 Å². The van der Waals surface area contributed by atoms with Gasteiger partial charge in [0, 0.05) is 4.90 Å². The van der Waals surface area contributed by atoms with E-state index in [4.69, 9.17) is 5.73 Å². The third-order valence-corrected chi connectivity index (χ3v) is 3.04. The lowest BCUT2D eigenvalue weighted by atomic mass is 10.3. The highest BCUT2D eigenvalue weighted by molar-refractivity contribution is 7.99. The van der Waals surface area contributed by atoms with Crippen molar-refractivity contribution in [3.05, 3.63) is 42.4 Å². The number of thioether (sulfide) groups is 1. The van der Waals surface area contributed by atoms with Crippen molar-refractivity contribution in [3.63, 3.8) is 0 Å². The fourth-order valence-electron chi connectivity index (χ4n) is 1.41. The molecule has 8 heteroatoms. The average molecular weight is 296 g/mol. The molecule has 20 heavy (non-hydrogen) atoms.